The minimum absolute atomic E-state index is 0.721. The first kappa shape index (κ1) is 31.8. The minimum atomic E-state index is 0.721. The molecule has 1 aliphatic heterocycles. The number of fused-ring (bicyclic) bond motifs is 7. The largest absolute Gasteiger partial charge is 0.249 e. The van der Waals surface area contributed by atoms with Crippen molar-refractivity contribution in [1.29, 1.82) is 0 Å². The van der Waals surface area contributed by atoms with Crippen molar-refractivity contribution < 1.29 is 0 Å². The average Bonchev–Trinajstić information content (AvgIpc) is 3.79. The summed E-state index contributed by atoms with van der Waals surface area (Å²) in [6.45, 7) is 4.43. The third kappa shape index (κ3) is 5.83. The molecule has 0 unspecified atom stereocenters. The van der Waals surface area contributed by atoms with Gasteiger partial charge in [-0.05, 0) is 117 Å². The Morgan fingerprint density at radius 2 is 1.26 bits per heavy atom. The van der Waals surface area contributed by atoms with Crippen molar-refractivity contribution in [2.45, 2.75) is 19.3 Å². The third-order valence-corrected chi connectivity index (χ3v) is 13.0. The Balaban J connectivity index is 1.24. The van der Waals surface area contributed by atoms with Gasteiger partial charge in [-0.2, -0.15) is 0 Å². The molecule has 0 N–H and O–H groups in total. The highest BCUT2D eigenvalue weighted by Gasteiger charge is 2.19. The van der Waals surface area contributed by atoms with Gasteiger partial charge < -0.3 is 0 Å². The van der Waals surface area contributed by atoms with E-state index < -0.39 is 0 Å². The predicted molar refractivity (Wildman–Crippen MR) is 232 cm³/mol. The van der Waals surface area contributed by atoms with E-state index in [9.17, 15) is 0 Å². The summed E-state index contributed by atoms with van der Waals surface area (Å²) in [7, 11) is 0. The molecule has 2 aromatic heterocycles. The molecule has 10 rings (SSSR count). The van der Waals surface area contributed by atoms with Crippen LogP contribution in [0.3, 0.4) is 0 Å². The van der Waals surface area contributed by atoms with Gasteiger partial charge in [0.1, 0.15) is 0 Å². The van der Waals surface area contributed by atoms with Crippen molar-refractivity contribution >= 4 is 76.4 Å². The van der Waals surface area contributed by atoms with Gasteiger partial charge in [-0.3, -0.25) is 0 Å². The second-order valence-corrected chi connectivity index (χ2v) is 16.0. The quantitative estimate of drug-likeness (QED) is 0.172. The molecular weight excluding hydrogens is 679 g/mol. The summed E-state index contributed by atoms with van der Waals surface area (Å²) in [6, 6.07) is 48.9. The second kappa shape index (κ2) is 13.3. The molecule has 0 fully saturated rings. The molecule has 53 heavy (non-hydrogen) atoms. The van der Waals surface area contributed by atoms with Crippen LogP contribution in [0.2, 0.25) is 0 Å². The van der Waals surface area contributed by atoms with Gasteiger partial charge in [0.05, 0.1) is 11.4 Å². The Bertz CT molecular complexity index is 2870. The van der Waals surface area contributed by atoms with Gasteiger partial charge in [0.15, 0.2) is 0 Å². The van der Waals surface area contributed by atoms with Gasteiger partial charge in [0, 0.05) is 35.3 Å². The molecule has 2 aliphatic rings. The molecule has 1 nitrogen and oxygen atoms in total. The molecule has 252 valence electrons. The highest BCUT2D eigenvalue weighted by atomic mass is 32.1. The van der Waals surface area contributed by atoms with E-state index in [1.807, 2.05) is 28.7 Å². The molecule has 6 aromatic carbocycles. The molecule has 0 saturated heterocycles. The maximum absolute atomic E-state index is 5.29. The molecule has 0 saturated carbocycles. The van der Waals surface area contributed by atoms with Gasteiger partial charge in [0.25, 0.3) is 0 Å². The summed E-state index contributed by atoms with van der Waals surface area (Å²) >= 11 is 3.80. The topological polar surface area (TPSA) is 12.4 Å². The van der Waals surface area contributed by atoms with Crippen molar-refractivity contribution in [3.8, 4) is 22.3 Å². The van der Waals surface area contributed by atoms with Gasteiger partial charge in [0.2, 0.25) is 0 Å². The van der Waals surface area contributed by atoms with Crippen LogP contribution in [0.1, 0.15) is 39.1 Å². The molecule has 3 heterocycles. The van der Waals surface area contributed by atoms with Crippen molar-refractivity contribution in [3.05, 3.63) is 197 Å². The van der Waals surface area contributed by atoms with Crippen LogP contribution in [0.5, 0.6) is 0 Å². The molecule has 0 spiro atoms. The van der Waals surface area contributed by atoms with E-state index in [0.29, 0.717) is 0 Å². The number of aryl methyl sites for hydroxylation is 1. The van der Waals surface area contributed by atoms with Crippen molar-refractivity contribution in [3.63, 3.8) is 0 Å². The van der Waals surface area contributed by atoms with Crippen LogP contribution in [0, 0.1) is 0 Å². The van der Waals surface area contributed by atoms with Crippen LogP contribution < -0.4 is 0 Å². The number of rotatable bonds is 4. The summed E-state index contributed by atoms with van der Waals surface area (Å²) in [6.07, 6.45) is 14.1. The van der Waals surface area contributed by atoms with Crippen molar-refractivity contribution in [2.24, 2.45) is 4.99 Å². The zero-order valence-electron chi connectivity index (χ0n) is 29.2. The Morgan fingerprint density at radius 1 is 0.566 bits per heavy atom. The fourth-order valence-electron chi connectivity index (χ4n) is 7.96. The molecule has 1 aliphatic carbocycles. The van der Waals surface area contributed by atoms with E-state index in [0.717, 1.165) is 36.2 Å². The maximum atomic E-state index is 5.29. The SMILES string of the molecule is C=C1/C=C\c2ccccc2C/C(c2ccccc2)=C\C(c2cc(-c3cccc4c5c(sc34)C=CCC5)cc(-c3cccc4c3sc3ccccc34)c2)=N/1. The number of allylic oxidation sites excluding steroid dienone is 4. The Morgan fingerprint density at radius 3 is 2.11 bits per heavy atom. The summed E-state index contributed by atoms with van der Waals surface area (Å²) < 4.78 is 3.97. The standard InChI is InChI=1S/C50H35NS2/c1-32-25-26-34-15-5-6-16-35(34)27-36(33-13-3-2-4-14-33)31-46(51-32)39-29-37(40-19-11-21-44-42-17-7-9-23-47(42)52-49(40)44)28-38(30-39)41-20-12-22-45-43-18-8-10-24-48(43)53-50(41)45/h2-7,9-17,19-26,28-31H,1,8,18,27H2/b26-25-,36-31+,51-46+. The minimum Gasteiger partial charge on any atom is -0.249 e. The lowest BCUT2D eigenvalue weighted by atomic mass is 9.90. The lowest BCUT2D eigenvalue weighted by molar-refractivity contribution is 1.01. The van der Waals surface area contributed by atoms with E-state index in [4.69, 9.17) is 4.99 Å². The first-order valence-electron chi connectivity index (χ1n) is 18.2. The summed E-state index contributed by atoms with van der Waals surface area (Å²) in [5.41, 5.74) is 14.0. The lowest BCUT2D eigenvalue weighted by Gasteiger charge is -2.16. The molecular formula is C50H35NS2. The van der Waals surface area contributed by atoms with Gasteiger partial charge >= 0.3 is 0 Å². The molecule has 0 radical (unpaired) electrons. The molecule has 3 heteroatoms. The second-order valence-electron chi connectivity index (χ2n) is 13.9. The number of benzene rings is 6. The average molecular weight is 714 g/mol. The number of hydrogen-bond donors (Lipinski definition) is 0. The van der Waals surface area contributed by atoms with Crippen molar-refractivity contribution in [2.75, 3.05) is 0 Å². The zero-order valence-corrected chi connectivity index (χ0v) is 30.8. The molecule has 8 aromatic rings. The monoisotopic (exact) mass is 713 g/mol. The predicted octanol–water partition coefficient (Wildman–Crippen LogP) is 14.2. The van der Waals surface area contributed by atoms with Crippen LogP contribution in [0.25, 0.3) is 70.2 Å². The zero-order chi connectivity index (χ0) is 35.3. The van der Waals surface area contributed by atoms with Gasteiger partial charge in [-0.1, -0.05) is 128 Å². The molecule has 0 atom stereocenters. The van der Waals surface area contributed by atoms with Crippen LogP contribution >= 0.6 is 22.7 Å². The normalized spacial score (nSPS) is 16.9. The molecule has 0 bridgehead atoms. The number of hydrogen-bond acceptors (Lipinski definition) is 3. The summed E-state index contributed by atoms with van der Waals surface area (Å²) in [4.78, 5) is 6.68. The maximum Gasteiger partial charge on any atom is 0.0712 e. The fraction of sp³-hybridized carbons (Fsp3) is 0.0600. The Labute approximate surface area is 317 Å². The summed E-state index contributed by atoms with van der Waals surface area (Å²) in [5, 5.41) is 3.99. The van der Waals surface area contributed by atoms with Crippen LogP contribution in [0.4, 0.5) is 0 Å². The van der Waals surface area contributed by atoms with E-state index in [1.165, 1.54) is 85.2 Å². The van der Waals surface area contributed by atoms with Crippen LogP contribution in [-0.2, 0) is 12.8 Å². The van der Waals surface area contributed by atoms with Crippen LogP contribution in [0.15, 0.2) is 169 Å². The van der Waals surface area contributed by atoms with E-state index in [1.54, 1.807) is 0 Å². The highest BCUT2D eigenvalue weighted by Crippen LogP contribution is 2.44. The number of thiophene rings is 2. The van der Waals surface area contributed by atoms with E-state index >= 15 is 0 Å². The van der Waals surface area contributed by atoms with E-state index in [-0.39, 0.29) is 0 Å². The van der Waals surface area contributed by atoms with Gasteiger partial charge in [-0.15, -0.1) is 22.7 Å². The smallest absolute Gasteiger partial charge is 0.0712 e. The van der Waals surface area contributed by atoms with Gasteiger partial charge in [-0.25, -0.2) is 4.99 Å². The Kier molecular flexibility index (Phi) is 7.97. The number of aliphatic imine (C=N–C) groups is 1. The molecule has 0 amide bonds. The lowest BCUT2D eigenvalue weighted by Crippen LogP contribution is -2.04. The summed E-state index contributed by atoms with van der Waals surface area (Å²) in [5.74, 6) is 0. The highest BCUT2D eigenvalue weighted by molar-refractivity contribution is 7.26. The Hall–Kier alpha value is -5.87. The fourth-order valence-corrected chi connectivity index (χ4v) is 10.5. The van der Waals surface area contributed by atoms with E-state index in [2.05, 4.69) is 164 Å². The van der Waals surface area contributed by atoms with Crippen LogP contribution in [-0.4, -0.2) is 5.71 Å². The number of nitrogens with zero attached hydrogens (tertiary/aromatic N) is 1. The first-order valence-corrected chi connectivity index (χ1v) is 19.9. The first-order chi connectivity index (χ1) is 26.2. The van der Waals surface area contributed by atoms with Crippen molar-refractivity contribution in [1.82, 2.24) is 0 Å². The third-order valence-electron chi connectivity index (χ3n) is 10.5.